The third-order valence-electron chi connectivity index (χ3n) is 6.48. The van der Waals surface area contributed by atoms with Gasteiger partial charge in [-0.05, 0) is 78.7 Å². The van der Waals surface area contributed by atoms with Gasteiger partial charge in [-0.25, -0.2) is 0 Å². The van der Waals surface area contributed by atoms with Gasteiger partial charge in [0.15, 0.2) is 5.43 Å². The van der Waals surface area contributed by atoms with Crippen molar-refractivity contribution in [2.24, 2.45) is 5.41 Å². The molecule has 1 fully saturated rings. The van der Waals surface area contributed by atoms with Gasteiger partial charge in [-0.2, -0.15) is 0 Å². The van der Waals surface area contributed by atoms with Gasteiger partial charge in [-0.1, -0.05) is 32.0 Å². The predicted octanol–water partition coefficient (Wildman–Crippen LogP) is 6.97. The summed E-state index contributed by atoms with van der Waals surface area (Å²) in [5.41, 5.74) is 4.87. The van der Waals surface area contributed by atoms with Crippen molar-refractivity contribution in [2.75, 3.05) is 23.3 Å². The molecule has 1 aromatic heterocycles. The first kappa shape index (κ1) is 21.9. The second-order valence-corrected chi connectivity index (χ2v) is 10.4. The molecule has 0 bridgehead atoms. The lowest BCUT2D eigenvalue weighted by molar-refractivity contribution is 0.274. The average Bonchev–Trinajstić information content (AvgIpc) is 2.72. The average molecular weight is 483 g/mol. The maximum absolute atomic E-state index is 13.3. The third kappa shape index (κ3) is 4.38. The van der Waals surface area contributed by atoms with Crippen LogP contribution in [0.3, 0.4) is 0 Å². The van der Waals surface area contributed by atoms with E-state index >= 15 is 0 Å². The van der Waals surface area contributed by atoms with E-state index in [1.807, 2.05) is 44.2 Å². The molecule has 0 spiro atoms. The fourth-order valence-electron chi connectivity index (χ4n) is 4.38. The molecule has 1 N–H and O–H groups in total. The molecule has 2 heterocycles. The van der Waals surface area contributed by atoms with Gasteiger partial charge in [0.1, 0.15) is 5.58 Å². The molecule has 4 rings (SSSR count). The highest BCUT2D eigenvalue weighted by Gasteiger charge is 2.28. The molecule has 1 aliphatic heterocycles. The number of fused-ring (bicyclic) bond motifs is 1. The van der Waals surface area contributed by atoms with Crippen molar-refractivity contribution in [2.45, 2.75) is 53.5 Å². The summed E-state index contributed by atoms with van der Waals surface area (Å²) in [5, 5.41) is 4.23. The summed E-state index contributed by atoms with van der Waals surface area (Å²) in [6.07, 6.45) is 2.18. The lowest BCUT2D eigenvalue weighted by atomic mass is 9.82. The van der Waals surface area contributed by atoms with Crippen LogP contribution >= 0.6 is 15.9 Å². The van der Waals surface area contributed by atoms with E-state index in [1.54, 1.807) is 0 Å². The Balaban J connectivity index is 1.80. The van der Waals surface area contributed by atoms with Crippen molar-refractivity contribution >= 4 is 38.5 Å². The number of benzene rings is 2. The lowest BCUT2D eigenvalue weighted by Crippen LogP contribution is -2.38. The fourth-order valence-corrected chi connectivity index (χ4v) is 4.78. The van der Waals surface area contributed by atoms with Crippen molar-refractivity contribution in [3.63, 3.8) is 0 Å². The van der Waals surface area contributed by atoms with Crippen molar-refractivity contribution in [1.29, 1.82) is 0 Å². The molecule has 1 atom stereocenters. The van der Waals surface area contributed by atoms with Crippen molar-refractivity contribution in [3.8, 4) is 0 Å². The zero-order valence-corrected chi connectivity index (χ0v) is 20.6. The number of piperidine rings is 1. The first-order chi connectivity index (χ1) is 14.7. The molecule has 2 aromatic carbocycles. The van der Waals surface area contributed by atoms with E-state index in [9.17, 15) is 4.79 Å². The summed E-state index contributed by atoms with van der Waals surface area (Å²) >= 11 is 3.61. The normalized spacial score (nSPS) is 17.0. The Hall–Kier alpha value is -2.27. The van der Waals surface area contributed by atoms with Crippen LogP contribution in [0.5, 0.6) is 0 Å². The van der Waals surface area contributed by atoms with Crippen LogP contribution in [0.4, 0.5) is 11.6 Å². The van der Waals surface area contributed by atoms with Gasteiger partial charge in [0.05, 0.1) is 17.0 Å². The van der Waals surface area contributed by atoms with Crippen LogP contribution in [0.15, 0.2) is 50.1 Å². The minimum atomic E-state index is -0.0277. The Bertz CT molecular complexity index is 1170. The molecule has 0 amide bonds. The molecule has 1 saturated heterocycles. The molecule has 3 aromatic rings. The monoisotopic (exact) mass is 482 g/mol. The topological polar surface area (TPSA) is 45.5 Å². The molecular formula is C26H31BrN2O2. The van der Waals surface area contributed by atoms with Crippen molar-refractivity contribution in [1.82, 2.24) is 0 Å². The van der Waals surface area contributed by atoms with Gasteiger partial charge in [-0.15, -0.1) is 0 Å². The SMILES string of the molecule is Cc1cc(C(C)Nc2ccccc2Br)c2oc(N3CCC(C)(C)CC3)c(C)c(=O)c2c1. The Labute approximate surface area is 192 Å². The molecule has 164 valence electrons. The number of anilines is 2. The second-order valence-electron chi connectivity index (χ2n) is 9.59. The van der Waals surface area contributed by atoms with E-state index < -0.39 is 0 Å². The van der Waals surface area contributed by atoms with E-state index in [-0.39, 0.29) is 11.5 Å². The molecular weight excluding hydrogens is 452 g/mol. The van der Waals surface area contributed by atoms with Crippen LogP contribution in [0.2, 0.25) is 0 Å². The summed E-state index contributed by atoms with van der Waals surface area (Å²) in [6.45, 7) is 12.5. The maximum atomic E-state index is 13.3. The van der Waals surface area contributed by atoms with Crippen molar-refractivity contribution < 1.29 is 4.42 Å². The number of aryl methyl sites for hydroxylation is 1. The molecule has 31 heavy (non-hydrogen) atoms. The zero-order chi connectivity index (χ0) is 22.3. The lowest BCUT2D eigenvalue weighted by Gasteiger charge is -2.37. The quantitative estimate of drug-likeness (QED) is 0.435. The van der Waals surface area contributed by atoms with Gasteiger partial charge in [0, 0.05) is 28.8 Å². The standard InChI is InChI=1S/C26H31BrN2O2/c1-16-14-19(18(3)28-22-9-7-6-8-21(22)27)24-20(15-16)23(30)17(2)25(31-24)29-12-10-26(4,5)11-13-29/h6-9,14-15,18,28H,10-13H2,1-5H3. The minimum absolute atomic E-state index is 0.0277. The van der Waals surface area contributed by atoms with Crippen LogP contribution in [-0.4, -0.2) is 13.1 Å². The van der Waals surface area contributed by atoms with Crippen LogP contribution in [0, 0.1) is 19.3 Å². The number of halogens is 1. The minimum Gasteiger partial charge on any atom is -0.440 e. The van der Waals surface area contributed by atoms with Crippen LogP contribution < -0.4 is 15.6 Å². The van der Waals surface area contributed by atoms with E-state index in [1.165, 1.54) is 0 Å². The highest BCUT2D eigenvalue weighted by atomic mass is 79.9. The molecule has 4 nitrogen and oxygen atoms in total. The third-order valence-corrected chi connectivity index (χ3v) is 7.17. The molecule has 0 aliphatic carbocycles. The van der Waals surface area contributed by atoms with E-state index in [0.29, 0.717) is 21.9 Å². The molecule has 0 radical (unpaired) electrons. The van der Waals surface area contributed by atoms with Crippen molar-refractivity contribution in [3.05, 3.63) is 67.8 Å². The second kappa shape index (κ2) is 8.34. The van der Waals surface area contributed by atoms with E-state index in [2.05, 4.69) is 53.0 Å². The Morgan fingerprint density at radius 2 is 1.81 bits per heavy atom. The zero-order valence-electron chi connectivity index (χ0n) is 19.0. The molecule has 5 heteroatoms. The maximum Gasteiger partial charge on any atom is 0.202 e. The number of hydrogen-bond donors (Lipinski definition) is 1. The Morgan fingerprint density at radius 3 is 2.48 bits per heavy atom. The number of rotatable bonds is 4. The predicted molar refractivity (Wildman–Crippen MR) is 133 cm³/mol. The highest BCUT2D eigenvalue weighted by Crippen LogP contribution is 2.36. The summed E-state index contributed by atoms with van der Waals surface area (Å²) < 4.78 is 7.54. The summed E-state index contributed by atoms with van der Waals surface area (Å²) in [6, 6.07) is 12.1. The number of nitrogens with one attached hydrogen (secondary N) is 1. The van der Waals surface area contributed by atoms with Gasteiger partial charge < -0.3 is 14.6 Å². The largest absolute Gasteiger partial charge is 0.440 e. The van der Waals surface area contributed by atoms with E-state index in [0.717, 1.165) is 53.1 Å². The molecule has 0 saturated carbocycles. The smallest absolute Gasteiger partial charge is 0.202 e. The van der Waals surface area contributed by atoms with E-state index in [4.69, 9.17) is 4.42 Å². The number of para-hydroxylation sites is 1. The van der Waals surface area contributed by atoms with Gasteiger partial charge in [0.25, 0.3) is 0 Å². The molecule has 1 unspecified atom stereocenters. The summed E-state index contributed by atoms with van der Waals surface area (Å²) in [4.78, 5) is 15.6. The van der Waals surface area contributed by atoms with Gasteiger partial charge >= 0.3 is 0 Å². The van der Waals surface area contributed by atoms with Gasteiger partial charge in [0.2, 0.25) is 5.88 Å². The van der Waals surface area contributed by atoms with Crippen LogP contribution in [0.1, 0.15) is 56.3 Å². The number of hydrogen-bond acceptors (Lipinski definition) is 4. The fraction of sp³-hybridized carbons (Fsp3) is 0.423. The summed E-state index contributed by atoms with van der Waals surface area (Å²) in [5.74, 6) is 0.728. The Morgan fingerprint density at radius 1 is 1.13 bits per heavy atom. The van der Waals surface area contributed by atoms with Crippen LogP contribution in [0.25, 0.3) is 11.0 Å². The number of nitrogens with zero attached hydrogens (tertiary/aromatic N) is 1. The first-order valence-electron chi connectivity index (χ1n) is 11.0. The first-order valence-corrected chi connectivity index (χ1v) is 11.8. The summed E-state index contributed by atoms with van der Waals surface area (Å²) in [7, 11) is 0. The Kier molecular flexibility index (Phi) is 5.91. The highest BCUT2D eigenvalue weighted by molar-refractivity contribution is 9.10. The van der Waals surface area contributed by atoms with Crippen LogP contribution in [-0.2, 0) is 0 Å². The molecule has 1 aliphatic rings. The van der Waals surface area contributed by atoms with Gasteiger partial charge in [-0.3, -0.25) is 4.79 Å².